The number of nitrogens with zero attached hydrogens (tertiary/aromatic N) is 3. The number of carbonyl (C=O) groups is 1. The number of nitrogens with one attached hydrogen (secondary N) is 2. The third kappa shape index (κ3) is 3.88. The predicted molar refractivity (Wildman–Crippen MR) is 97.0 cm³/mol. The Bertz CT molecular complexity index is 605. The third-order valence-electron chi connectivity index (χ3n) is 5.39. The Labute approximate surface area is 148 Å². The minimum atomic E-state index is -0.194. The van der Waals surface area contributed by atoms with Gasteiger partial charge < -0.3 is 20.3 Å². The van der Waals surface area contributed by atoms with Crippen LogP contribution < -0.4 is 15.5 Å². The summed E-state index contributed by atoms with van der Waals surface area (Å²) in [5, 5.41) is 5.90. The van der Waals surface area contributed by atoms with E-state index in [1.165, 1.54) is 25.7 Å². The second-order valence-corrected chi connectivity index (χ2v) is 7.15. The standard InChI is InChI=1S/C18H27N5O2/c24-18(20-11-15-12-23-10-4-5-14(23)13-25-15)21-16-6-3-7-19-17(16)22-8-1-2-9-22/h3,6-7,14-15H,1-2,4-5,8-13H2,(H2,20,21,24). The van der Waals surface area contributed by atoms with E-state index in [9.17, 15) is 4.79 Å². The van der Waals surface area contributed by atoms with Crippen LogP contribution in [0.2, 0.25) is 0 Å². The van der Waals surface area contributed by atoms with Crippen molar-refractivity contribution in [1.29, 1.82) is 0 Å². The number of amides is 2. The first-order chi connectivity index (χ1) is 12.3. The first-order valence-corrected chi connectivity index (χ1v) is 9.40. The predicted octanol–water partition coefficient (Wildman–Crippen LogP) is 1.67. The third-order valence-corrected chi connectivity index (χ3v) is 5.39. The van der Waals surface area contributed by atoms with Crippen molar-refractivity contribution in [2.75, 3.05) is 49.5 Å². The molecule has 25 heavy (non-hydrogen) atoms. The number of anilines is 2. The van der Waals surface area contributed by atoms with Crippen LogP contribution in [-0.2, 0) is 4.74 Å². The second kappa shape index (κ2) is 7.58. The lowest BCUT2D eigenvalue weighted by Gasteiger charge is -2.35. The Morgan fingerprint density at radius 3 is 3.04 bits per heavy atom. The fourth-order valence-corrected chi connectivity index (χ4v) is 4.06. The molecule has 4 rings (SSSR count). The summed E-state index contributed by atoms with van der Waals surface area (Å²) >= 11 is 0. The van der Waals surface area contributed by atoms with Crippen molar-refractivity contribution >= 4 is 17.5 Å². The van der Waals surface area contributed by atoms with Gasteiger partial charge >= 0.3 is 6.03 Å². The van der Waals surface area contributed by atoms with Crippen molar-refractivity contribution in [3.63, 3.8) is 0 Å². The summed E-state index contributed by atoms with van der Waals surface area (Å²) < 4.78 is 5.89. The fourth-order valence-electron chi connectivity index (χ4n) is 4.06. The zero-order chi connectivity index (χ0) is 17.1. The first-order valence-electron chi connectivity index (χ1n) is 9.40. The lowest BCUT2D eigenvalue weighted by Crippen LogP contribution is -2.50. The molecule has 136 valence electrons. The zero-order valence-electron chi connectivity index (χ0n) is 14.6. The van der Waals surface area contributed by atoms with E-state index in [0.717, 1.165) is 44.3 Å². The minimum absolute atomic E-state index is 0.0760. The smallest absolute Gasteiger partial charge is 0.319 e. The Morgan fingerprint density at radius 1 is 1.28 bits per heavy atom. The lowest BCUT2D eigenvalue weighted by molar-refractivity contribution is -0.0456. The number of ether oxygens (including phenoxy) is 1. The minimum Gasteiger partial charge on any atom is -0.373 e. The van der Waals surface area contributed by atoms with Gasteiger partial charge in [0.1, 0.15) is 0 Å². The Kier molecular flexibility index (Phi) is 5.03. The molecule has 0 bridgehead atoms. The summed E-state index contributed by atoms with van der Waals surface area (Å²) in [5.74, 6) is 0.865. The highest BCUT2D eigenvalue weighted by Gasteiger charge is 2.32. The van der Waals surface area contributed by atoms with E-state index >= 15 is 0 Å². The molecule has 2 atom stereocenters. The van der Waals surface area contributed by atoms with Gasteiger partial charge in [0.05, 0.1) is 18.4 Å². The van der Waals surface area contributed by atoms with Gasteiger partial charge in [-0.3, -0.25) is 4.90 Å². The highest BCUT2D eigenvalue weighted by Crippen LogP contribution is 2.26. The SMILES string of the molecule is O=C(NCC1CN2CCCC2CO1)Nc1cccnc1N1CCCC1. The fraction of sp³-hybridized carbons (Fsp3) is 0.667. The Hall–Kier alpha value is -1.86. The van der Waals surface area contributed by atoms with Crippen molar-refractivity contribution in [3.05, 3.63) is 18.3 Å². The summed E-state index contributed by atoms with van der Waals surface area (Å²) in [6, 6.07) is 4.16. The zero-order valence-corrected chi connectivity index (χ0v) is 14.6. The van der Waals surface area contributed by atoms with Gasteiger partial charge in [-0.25, -0.2) is 9.78 Å². The van der Waals surface area contributed by atoms with E-state index < -0.39 is 0 Å². The number of morpholine rings is 1. The van der Waals surface area contributed by atoms with Gasteiger partial charge in [-0.1, -0.05) is 0 Å². The molecule has 0 aliphatic carbocycles. The monoisotopic (exact) mass is 345 g/mol. The molecule has 3 saturated heterocycles. The molecule has 2 N–H and O–H groups in total. The van der Waals surface area contributed by atoms with Gasteiger partial charge in [0.15, 0.2) is 5.82 Å². The highest BCUT2D eigenvalue weighted by atomic mass is 16.5. The maximum Gasteiger partial charge on any atom is 0.319 e. The van der Waals surface area contributed by atoms with Crippen LogP contribution in [0, 0.1) is 0 Å². The maximum atomic E-state index is 12.3. The van der Waals surface area contributed by atoms with Gasteiger partial charge in [0.25, 0.3) is 0 Å². The number of fused-ring (bicyclic) bond motifs is 1. The molecule has 3 aliphatic heterocycles. The van der Waals surface area contributed by atoms with Crippen LogP contribution in [0.1, 0.15) is 25.7 Å². The summed E-state index contributed by atoms with van der Waals surface area (Å²) in [6.45, 7) is 5.40. The number of hydrogen-bond acceptors (Lipinski definition) is 5. The average molecular weight is 345 g/mol. The highest BCUT2D eigenvalue weighted by molar-refractivity contribution is 5.92. The van der Waals surface area contributed by atoms with Crippen LogP contribution in [0.15, 0.2) is 18.3 Å². The number of carbonyl (C=O) groups excluding carboxylic acids is 1. The van der Waals surface area contributed by atoms with Crippen molar-refractivity contribution in [2.24, 2.45) is 0 Å². The molecule has 1 aromatic rings. The van der Waals surface area contributed by atoms with Crippen molar-refractivity contribution in [3.8, 4) is 0 Å². The molecule has 0 spiro atoms. The van der Waals surface area contributed by atoms with Gasteiger partial charge in [-0.05, 0) is 44.4 Å². The molecule has 0 radical (unpaired) electrons. The first kappa shape index (κ1) is 16.6. The van der Waals surface area contributed by atoms with Crippen LogP contribution in [0.25, 0.3) is 0 Å². The number of hydrogen-bond donors (Lipinski definition) is 2. The quantitative estimate of drug-likeness (QED) is 0.869. The summed E-state index contributed by atoms with van der Waals surface area (Å²) in [5.41, 5.74) is 0.770. The van der Waals surface area contributed by atoms with E-state index in [4.69, 9.17) is 4.74 Å². The number of urea groups is 1. The molecule has 0 aromatic carbocycles. The van der Waals surface area contributed by atoms with Gasteiger partial charge in [-0.2, -0.15) is 0 Å². The van der Waals surface area contributed by atoms with Crippen LogP contribution in [0.5, 0.6) is 0 Å². The van der Waals surface area contributed by atoms with Gasteiger partial charge in [0, 0.05) is 38.4 Å². The van der Waals surface area contributed by atoms with Crippen LogP contribution in [-0.4, -0.2) is 67.4 Å². The topological polar surface area (TPSA) is 69.7 Å². The van der Waals surface area contributed by atoms with Crippen molar-refractivity contribution < 1.29 is 9.53 Å². The summed E-state index contributed by atoms with van der Waals surface area (Å²) in [4.78, 5) is 21.5. The molecule has 2 unspecified atom stereocenters. The molecule has 4 heterocycles. The van der Waals surface area contributed by atoms with Crippen LogP contribution >= 0.6 is 0 Å². The average Bonchev–Trinajstić information content (AvgIpc) is 3.31. The number of pyridine rings is 1. The van der Waals surface area contributed by atoms with Crippen LogP contribution in [0.4, 0.5) is 16.3 Å². The maximum absolute atomic E-state index is 12.3. The summed E-state index contributed by atoms with van der Waals surface area (Å²) in [7, 11) is 0. The number of rotatable bonds is 4. The lowest BCUT2D eigenvalue weighted by atomic mass is 10.2. The van der Waals surface area contributed by atoms with Gasteiger partial charge in [-0.15, -0.1) is 0 Å². The van der Waals surface area contributed by atoms with E-state index in [1.807, 2.05) is 12.1 Å². The largest absolute Gasteiger partial charge is 0.373 e. The molecule has 0 saturated carbocycles. The van der Waals surface area contributed by atoms with Crippen molar-refractivity contribution in [1.82, 2.24) is 15.2 Å². The molecule has 2 amide bonds. The molecular weight excluding hydrogens is 318 g/mol. The Morgan fingerprint density at radius 2 is 2.16 bits per heavy atom. The Balaban J connectivity index is 1.29. The molecule has 7 heteroatoms. The molecule has 7 nitrogen and oxygen atoms in total. The number of aromatic nitrogens is 1. The van der Waals surface area contributed by atoms with E-state index in [0.29, 0.717) is 12.6 Å². The van der Waals surface area contributed by atoms with Gasteiger partial charge in [0.2, 0.25) is 0 Å². The molecular formula is C18H27N5O2. The van der Waals surface area contributed by atoms with E-state index in [2.05, 4.69) is 25.4 Å². The van der Waals surface area contributed by atoms with E-state index in [1.54, 1.807) is 6.20 Å². The molecule has 3 aliphatic rings. The normalized spacial score (nSPS) is 26.5. The van der Waals surface area contributed by atoms with Crippen LogP contribution in [0.3, 0.4) is 0 Å². The molecule has 1 aromatic heterocycles. The van der Waals surface area contributed by atoms with Crippen molar-refractivity contribution in [2.45, 2.75) is 37.8 Å². The summed E-state index contributed by atoms with van der Waals surface area (Å²) in [6.07, 6.45) is 6.71. The second-order valence-electron chi connectivity index (χ2n) is 7.15. The van der Waals surface area contributed by atoms with E-state index in [-0.39, 0.29) is 12.1 Å². The molecule has 3 fully saturated rings.